The lowest BCUT2D eigenvalue weighted by atomic mass is 9.82. The monoisotopic (exact) mass is 260 g/mol. The van der Waals surface area contributed by atoms with Gasteiger partial charge >= 0.3 is 0 Å². The van der Waals surface area contributed by atoms with E-state index in [1.165, 1.54) is 0 Å². The van der Waals surface area contributed by atoms with Gasteiger partial charge in [0.25, 0.3) is 0 Å². The molecule has 0 heterocycles. The number of hydrogen-bond acceptors (Lipinski definition) is 1. The molecular weight excluding hydrogens is 246 g/mol. The molecule has 0 amide bonds. The van der Waals surface area contributed by atoms with Gasteiger partial charge in [0.15, 0.2) is 0 Å². The Morgan fingerprint density at radius 2 is 1.94 bits per heavy atom. The van der Waals surface area contributed by atoms with Gasteiger partial charge in [0.2, 0.25) is 5.92 Å². The average molecular weight is 261 g/mol. The van der Waals surface area contributed by atoms with Crippen molar-refractivity contribution >= 4 is 11.6 Å². The van der Waals surface area contributed by atoms with Gasteiger partial charge in [0.1, 0.15) is 5.75 Å². The van der Waals surface area contributed by atoms with E-state index in [1.54, 1.807) is 13.2 Å². The Hall–Kier alpha value is -0.830. The van der Waals surface area contributed by atoms with Gasteiger partial charge in [-0.3, -0.25) is 0 Å². The maximum atomic E-state index is 13.1. The van der Waals surface area contributed by atoms with Crippen LogP contribution in [0.15, 0.2) is 18.2 Å². The molecule has 2 rings (SSSR count). The quantitative estimate of drug-likeness (QED) is 0.753. The Labute approximate surface area is 105 Å². The minimum absolute atomic E-state index is 0.0416. The van der Waals surface area contributed by atoms with Crippen LogP contribution >= 0.6 is 11.6 Å². The van der Waals surface area contributed by atoms with E-state index in [-0.39, 0.29) is 18.8 Å². The number of halogens is 3. The maximum Gasteiger partial charge on any atom is 0.248 e. The number of rotatable bonds is 2. The largest absolute Gasteiger partial charge is 0.497 e. The Morgan fingerprint density at radius 1 is 1.29 bits per heavy atom. The smallest absolute Gasteiger partial charge is 0.248 e. The first-order valence-corrected chi connectivity index (χ1v) is 6.11. The highest BCUT2D eigenvalue weighted by Crippen LogP contribution is 2.43. The summed E-state index contributed by atoms with van der Waals surface area (Å²) in [6.07, 6.45) is 0.915. The van der Waals surface area contributed by atoms with E-state index in [0.29, 0.717) is 23.6 Å². The molecule has 1 fully saturated rings. The Morgan fingerprint density at radius 3 is 2.47 bits per heavy atom. The van der Waals surface area contributed by atoms with Gasteiger partial charge in [-0.15, -0.1) is 0 Å². The van der Waals surface area contributed by atoms with Gasteiger partial charge in [0.05, 0.1) is 7.11 Å². The van der Waals surface area contributed by atoms with Crippen molar-refractivity contribution in [2.24, 2.45) is 0 Å². The summed E-state index contributed by atoms with van der Waals surface area (Å²) in [7, 11) is 1.58. The minimum atomic E-state index is -2.49. The average Bonchev–Trinajstić information content (AvgIpc) is 2.29. The second-order valence-corrected chi connectivity index (χ2v) is 4.92. The molecule has 1 aromatic carbocycles. The topological polar surface area (TPSA) is 9.23 Å². The van der Waals surface area contributed by atoms with E-state index >= 15 is 0 Å². The molecule has 0 aliphatic heterocycles. The molecule has 0 saturated heterocycles. The van der Waals surface area contributed by atoms with Crippen LogP contribution in [0.1, 0.15) is 37.2 Å². The third kappa shape index (κ3) is 2.89. The van der Waals surface area contributed by atoms with Gasteiger partial charge in [-0.05, 0) is 36.5 Å². The van der Waals surface area contributed by atoms with Crippen molar-refractivity contribution in [1.82, 2.24) is 0 Å². The van der Waals surface area contributed by atoms with Gasteiger partial charge in [0, 0.05) is 17.9 Å². The van der Waals surface area contributed by atoms with Crippen LogP contribution < -0.4 is 4.74 Å². The fraction of sp³-hybridized carbons (Fsp3) is 0.538. The fourth-order valence-electron chi connectivity index (χ4n) is 2.32. The summed E-state index contributed by atoms with van der Waals surface area (Å²) in [5, 5.41) is 0.611. The van der Waals surface area contributed by atoms with Crippen molar-refractivity contribution in [3.05, 3.63) is 28.8 Å². The lowest BCUT2D eigenvalue weighted by Gasteiger charge is -2.29. The van der Waals surface area contributed by atoms with E-state index in [1.807, 2.05) is 12.1 Å². The Bertz CT molecular complexity index is 396. The van der Waals surface area contributed by atoms with Crippen LogP contribution in [-0.2, 0) is 0 Å². The van der Waals surface area contributed by atoms with Crippen LogP contribution in [0.4, 0.5) is 8.78 Å². The second-order valence-electron chi connectivity index (χ2n) is 4.52. The highest BCUT2D eigenvalue weighted by atomic mass is 35.5. The molecular formula is C13H15ClF2O. The van der Waals surface area contributed by atoms with E-state index in [0.717, 1.165) is 5.56 Å². The normalized spacial score (nSPS) is 20.2. The van der Waals surface area contributed by atoms with Crippen LogP contribution in [0.5, 0.6) is 5.75 Å². The van der Waals surface area contributed by atoms with Crippen LogP contribution in [0.25, 0.3) is 0 Å². The predicted octanol–water partition coefficient (Wildman–Crippen LogP) is 4.64. The predicted molar refractivity (Wildman–Crippen MR) is 64.2 cm³/mol. The molecule has 1 aromatic rings. The molecule has 17 heavy (non-hydrogen) atoms. The molecule has 1 nitrogen and oxygen atoms in total. The summed E-state index contributed by atoms with van der Waals surface area (Å²) in [5.41, 5.74) is 0.961. The summed E-state index contributed by atoms with van der Waals surface area (Å²) < 4.78 is 31.2. The molecule has 0 N–H and O–H groups in total. The lowest BCUT2D eigenvalue weighted by Crippen LogP contribution is -2.23. The van der Waals surface area contributed by atoms with Crippen LogP contribution in [0, 0.1) is 0 Å². The Balaban J connectivity index is 2.13. The second kappa shape index (κ2) is 4.81. The standard InChI is InChI=1S/C13H15ClF2O/c1-17-10-2-3-11(12(14)8-10)9-4-6-13(15,16)7-5-9/h2-3,8-9H,4-7H2,1H3. The first-order chi connectivity index (χ1) is 8.02. The summed E-state index contributed by atoms with van der Waals surface area (Å²) in [6, 6.07) is 5.45. The van der Waals surface area contributed by atoms with E-state index in [9.17, 15) is 8.78 Å². The SMILES string of the molecule is COc1ccc(C2CCC(F)(F)CC2)c(Cl)c1. The minimum Gasteiger partial charge on any atom is -0.497 e. The number of methoxy groups -OCH3 is 1. The third-order valence-corrected chi connectivity index (χ3v) is 3.69. The molecule has 1 aliphatic rings. The van der Waals surface area contributed by atoms with Gasteiger partial charge in [-0.1, -0.05) is 17.7 Å². The number of ether oxygens (including phenoxy) is 1. The molecule has 94 valence electrons. The molecule has 0 unspecified atom stereocenters. The number of benzene rings is 1. The number of alkyl halides is 2. The molecule has 0 spiro atoms. The fourth-order valence-corrected chi connectivity index (χ4v) is 2.64. The molecule has 4 heteroatoms. The first kappa shape index (κ1) is 12.6. The summed E-state index contributed by atoms with van der Waals surface area (Å²) in [4.78, 5) is 0. The zero-order valence-corrected chi connectivity index (χ0v) is 10.4. The molecule has 0 aromatic heterocycles. The van der Waals surface area contributed by atoms with E-state index in [2.05, 4.69) is 0 Å². The molecule has 0 bridgehead atoms. The van der Waals surface area contributed by atoms with Gasteiger partial charge in [-0.25, -0.2) is 8.78 Å². The van der Waals surface area contributed by atoms with Crippen molar-refractivity contribution in [3.8, 4) is 5.75 Å². The summed E-state index contributed by atoms with van der Waals surface area (Å²) in [5.74, 6) is -1.65. The number of hydrogen-bond donors (Lipinski definition) is 0. The van der Waals surface area contributed by atoms with Crippen molar-refractivity contribution in [1.29, 1.82) is 0 Å². The molecule has 1 saturated carbocycles. The zero-order valence-electron chi connectivity index (χ0n) is 9.68. The van der Waals surface area contributed by atoms with Crippen LogP contribution in [0.2, 0.25) is 5.02 Å². The van der Waals surface area contributed by atoms with Crippen molar-refractivity contribution < 1.29 is 13.5 Å². The Kier molecular flexibility index (Phi) is 3.57. The lowest BCUT2D eigenvalue weighted by molar-refractivity contribution is -0.0382. The molecule has 0 atom stereocenters. The van der Waals surface area contributed by atoms with Crippen molar-refractivity contribution in [3.63, 3.8) is 0 Å². The highest BCUT2D eigenvalue weighted by Gasteiger charge is 2.35. The zero-order chi connectivity index (χ0) is 12.5. The van der Waals surface area contributed by atoms with Crippen molar-refractivity contribution in [2.75, 3.05) is 7.11 Å². The van der Waals surface area contributed by atoms with E-state index < -0.39 is 5.92 Å². The van der Waals surface area contributed by atoms with Crippen LogP contribution in [0.3, 0.4) is 0 Å². The molecule has 0 radical (unpaired) electrons. The van der Waals surface area contributed by atoms with Gasteiger partial charge < -0.3 is 4.74 Å². The summed E-state index contributed by atoms with van der Waals surface area (Å²) >= 11 is 6.15. The highest BCUT2D eigenvalue weighted by molar-refractivity contribution is 6.31. The van der Waals surface area contributed by atoms with Crippen LogP contribution in [-0.4, -0.2) is 13.0 Å². The first-order valence-electron chi connectivity index (χ1n) is 5.73. The summed E-state index contributed by atoms with van der Waals surface area (Å²) in [6.45, 7) is 0. The van der Waals surface area contributed by atoms with Gasteiger partial charge in [-0.2, -0.15) is 0 Å². The third-order valence-electron chi connectivity index (χ3n) is 3.36. The maximum absolute atomic E-state index is 13.1. The molecule has 1 aliphatic carbocycles. The van der Waals surface area contributed by atoms with Crippen molar-refractivity contribution in [2.45, 2.75) is 37.5 Å². The van der Waals surface area contributed by atoms with E-state index in [4.69, 9.17) is 16.3 Å².